The Bertz CT molecular complexity index is 438. The van der Waals surface area contributed by atoms with Crippen molar-refractivity contribution in [2.45, 2.75) is 51.0 Å². The Hall–Kier alpha value is -0.750. The number of hydrogen-bond acceptors (Lipinski definition) is 4. The molecule has 0 spiro atoms. The standard InChI is InChI=1S/C16H25NO3S/c1-12(17-21(18)16(2,3)4)13-5-7-14(8-6-13)20-15-9-10-19-11-15/h5-8,12,15,17H,9-11H2,1-4H3/t12-,15+,21?/m0/s1. The third-order valence-corrected chi connectivity index (χ3v) is 5.09. The van der Waals surface area contributed by atoms with Gasteiger partial charge in [0.15, 0.2) is 0 Å². The van der Waals surface area contributed by atoms with E-state index in [-0.39, 0.29) is 16.9 Å². The Morgan fingerprint density at radius 2 is 2.00 bits per heavy atom. The summed E-state index contributed by atoms with van der Waals surface area (Å²) in [6.07, 6.45) is 1.12. The second kappa shape index (κ2) is 7.01. The van der Waals surface area contributed by atoms with Gasteiger partial charge in [-0.3, -0.25) is 0 Å². The summed E-state index contributed by atoms with van der Waals surface area (Å²) in [5, 5.41) is 0. The largest absolute Gasteiger partial charge is 0.598 e. The SMILES string of the molecule is C[C@H](N[S+]([O-])C(C)(C)C)c1ccc(O[C@@H]2CCOC2)cc1. The van der Waals surface area contributed by atoms with Crippen molar-refractivity contribution in [3.05, 3.63) is 29.8 Å². The van der Waals surface area contributed by atoms with E-state index in [9.17, 15) is 4.55 Å². The third-order valence-electron chi connectivity index (χ3n) is 3.41. The Kier molecular flexibility index (Phi) is 5.54. The molecule has 1 unspecified atom stereocenters. The first-order valence-corrected chi connectivity index (χ1v) is 8.53. The summed E-state index contributed by atoms with van der Waals surface area (Å²) in [5.41, 5.74) is 1.10. The summed E-state index contributed by atoms with van der Waals surface area (Å²) >= 11 is -1.07. The number of ether oxygens (including phenoxy) is 2. The summed E-state index contributed by atoms with van der Waals surface area (Å²) in [5.74, 6) is 0.860. The van der Waals surface area contributed by atoms with Crippen LogP contribution in [0.15, 0.2) is 24.3 Å². The highest BCUT2D eigenvalue weighted by molar-refractivity contribution is 7.90. The molecule has 1 N–H and O–H groups in total. The molecule has 1 aliphatic rings. The molecule has 21 heavy (non-hydrogen) atoms. The topological polar surface area (TPSA) is 53.5 Å². The van der Waals surface area contributed by atoms with E-state index < -0.39 is 11.4 Å². The third kappa shape index (κ3) is 4.88. The van der Waals surface area contributed by atoms with Crippen molar-refractivity contribution in [2.24, 2.45) is 0 Å². The summed E-state index contributed by atoms with van der Waals surface area (Å²) in [4.78, 5) is 0. The molecule has 0 aliphatic carbocycles. The smallest absolute Gasteiger partial charge is 0.136 e. The van der Waals surface area contributed by atoms with Crippen molar-refractivity contribution in [1.82, 2.24) is 4.72 Å². The first-order chi connectivity index (χ1) is 9.86. The van der Waals surface area contributed by atoms with Crippen LogP contribution in [-0.4, -0.2) is 28.6 Å². The van der Waals surface area contributed by atoms with Crippen molar-refractivity contribution >= 4 is 11.4 Å². The molecule has 1 saturated heterocycles. The van der Waals surface area contributed by atoms with E-state index in [1.807, 2.05) is 52.0 Å². The zero-order chi connectivity index (χ0) is 15.5. The highest BCUT2D eigenvalue weighted by atomic mass is 32.2. The molecule has 1 aliphatic heterocycles. The van der Waals surface area contributed by atoms with Gasteiger partial charge >= 0.3 is 0 Å². The molecule has 0 bridgehead atoms. The molecule has 2 rings (SSSR count). The predicted molar refractivity (Wildman–Crippen MR) is 85.7 cm³/mol. The fourth-order valence-corrected chi connectivity index (χ4v) is 2.85. The molecule has 1 aromatic rings. The van der Waals surface area contributed by atoms with E-state index >= 15 is 0 Å². The highest BCUT2D eigenvalue weighted by Gasteiger charge is 2.28. The Morgan fingerprint density at radius 3 is 2.52 bits per heavy atom. The summed E-state index contributed by atoms with van der Waals surface area (Å²) < 4.78 is 26.1. The van der Waals surface area contributed by atoms with Gasteiger partial charge in [-0.25, -0.2) is 0 Å². The molecule has 0 saturated carbocycles. The van der Waals surface area contributed by atoms with Gasteiger partial charge in [-0.2, -0.15) is 0 Å². The average Bonchev–Trinajstić information content (AvgIpc) is 2.91. The van der Waals surface area contributed by atoms with Gasteiger partial charge < -0.3 is 14.0 Å². The molecule has 1 aromatic carbocycles. The summed E-state index contributed by atoms with van der Waals surface area (Å²) in [6, 6.07) is 8.00. The zero-order valence-corrected chi connectivity index (χ0v) is 14.0. The molecular formula is C16H25NO3S. The van der Waals surface area contributed by atoms with Crippen LogP contribution in [0.3, 0.4) is 0 Å². The number of rotatable bonds is 5. The van der Waals surface area contributed by atoms with Gasteiger partial charge in [0.05, 0.1) is 19.3 Å². The van der Waals surface area contributed by atoms with Crippen molar-refractivity contribution in [2.75, 3.05) is 13.2 Å². The maximum atomic E-state index is 12.1. The number of nitrogens with one attached hydrogen (secondary N) is 1. The molecule has 1 heterocycles. The van der Waals surface area contributed by atoms with E-state index in [4.69, 9.17) is 9.47 Å². The van der Waals surface area contributed by atoms with Crippen LogP contribution in [0, 0.1) is 0 Å². The minimum absolute atomic E-state index is 0.0360. The Labute approximate surface area is 130 Å². The first-order valence-electron chi connectivity index (χ1n) is 7.38. The lowest BCUT2D eigenvalue weighted by Gasteiger charge is -2.26. The quantitative estimate of drug-likeness (QED) is 0.849. The molecule has 1 fully saturated rings. The van der Waals surface area contributed by atoms with E-state index in [1.165, 1.54) is 0 Å². The molecule has 4 nitrogen and oxygen atoms in total. The van der Waals surface area contributed by atoms with Gasteiger partial charge in [0.1, 0.15) is 16.6 Å². The van der Waals surface area contributed by atoms with Gasteiger partial charge in [-0.1, -0.05) is 12.1 Å². The molecular weight excluding hydrogens is 286 g/mol. The monoisotopic (exact) mass is 311 g/mol. The fraction of sp³-hybridized carbons (Fsp3) is 0.625. The van der Waals surface area contributed by atoms with Crippen LogP contribution in [-0.2, 0) is 16.1 Å². The summed E-state index contributed by atoms with van der Waals surface area (Å²) in [6.45, 7) is 9.35. The van der Waals surface area contributed by atoms with E-state index in [0.717, 1.165) is 24.3 Å². The van der Waals surface area contributed by atoms with Crippen LogP contribution >= 0.6 is 0 Å². The van der Waals surface area contributed by atoms with E-state index in [1.54, 1.807) is 0 Å². The van der Waals surface area contributed by atoms with Crippen LogP contribution in [0.1, 0.15) is 45.7 Å². The van der Waals surface area contributed by atoms with Crippen molar-refractivity contribution in [1.29, 1.82) is 0 Å². The second-order valence-electron chi connectivity index (χ2n) is 6.39. The molecule has 0 aromatic heterocycles. The molecule has 0 radical (unpaired) electrons. The van der Waals surface area contributed by atoms with Crippen LogP contribution in [0.4, 0.5) is 0 Å². The Balaban J connectivity index is 1.91. The molecule has 5 heteroatoms. The minimum Gasteiger partial charge on any atom is -0.598 e. The maximum absolute atomic E-state index is 12.1. The number of benzene rings is 1. The zero-order valence-electron chi connectivity index (χ0n) is 13.2. The highest BCUT2D eigenvalue weighted by Crippen LogP contribution is 2.23. The van der Waals surface area contributed by atoms with Gasteiger partial charge in [0.25, 0.3) is 0 Å². The number of hydrogen-bond donors (Lipinski definition) is 1. The maximum Gasteiger partial charge on any atom is 0.136 e. The Morgan fingerprint density at radius 1 is 1.33 bits per heavy atom. The van der Waals surface area contributed by atoms with Gasteiger partial charge in [0, 0.05) is 17.8 Å². The lowest BCUT2D eigenvalue weighted by molar-refractivity contribution is 0.141. The fourth-order valence-electron chi connectivity index (χ4n) is 2.04. The van der Waals surface area contributed by atoms with Crippen molar-refractivity contribution in [3.8, 4) is 5.75 Å². The second-order valence-corrected chi connectivity index (χ2v) is 8.39. The van der Waals surface area contributed by atoms with Crippen LogP contribution < -0.4 is 9.46 Å². The lowest BCUT2D eigenvalue weighted by Crippen LogP contribution is -2.40. The normalized spacial score (nSPS) is 22.0. The lowest BCUT2D eigenvalue weighted by atomic mass is 10.1. The van der Waals surface area contributed by atoms with Crippen LogP contribution in [0.5, 0.6) is 5.75 Å². The summed E-state index contributed by atoms with van der Waals surface area (Å²) in [7, 11) is 0. The first kappa shape index (κ1) is 16.6. The van der Waals surface area contributed by atoms with Crippen LogP contribution in [0.25, 0.3) is 0 Å². The van der Waals surface area contributed by atoms with Crippen LogP contribution in [0.2, 0.25) is 0 Å². The van der Waals surface area contributed by atoms with Gasteiger partial charge in [-0.15, -0.1) is 4.72 Å². The minimum atomic E-state index is -1.07. The van der Waals surface area contributed by atoms with Gasteiger partial charge in [0.2, 0.25) is 0 Å². The van der Waals surface area contributed by atoms with Crippen molar-refractivity contribution in [3.63, 3.8) is 0 Å². The molecule has 0 amide bonds. The molecule has 118 valence electrons. The molecule has 3 atom stereocenters. The predicted octanol–water partition coefficient (Wildman–Crippen LogP) is 2.97. The van der Waals surface area contributed by atoms with E-state index in [2.05, 4.69) is 4.72 Å². The van der Waals surface area contributed by atoms with Crippen molar-refractivity contribution < 1.29 is 14.0 Å². The van der Waals surface area contributed by atoms with E-state index in [0.29, 0.717) is 6.61 Å². The average molecular weight is 311 g/mol. The van der Waals surface area contributed by atoms with Gasteiger partial charge in [-0.05, 0) is 45.4 Å².